The minimum Gasteiger partial charge on any atom is -0.477 e. The van der Waals surface area contributed by atoms with Crippen LogP contribution >= 0.6 is 11.3 Å². The molecular weight excluding hydrogens is 242 g/mol. The first-order chi connectivity index (χ1) is 8.06. The molecule has 0 radical (unpaired) electrons. The topological polar surface area (TPSA) is 95.9 Å². The van der Waals surface area contributed by atoms with E-state index in [1.165, 1.54) is 11.3 Å². The van der Waals surface area contributed by atoms with Gasteiger partial charge in [-0.3, -0.25) is 4.79 Å². The Balaban J connectivity index is 2.27. The Morgan fingerprint density at radius 1 is 1.59 bits per heavy atom. The number of H-pyrrole nitrogens is 1. The number of aromatic amines is 1. The van der Waals surface area contributed by atoms with Crippen LogP contribution in [0.2, 0.25) is 0 Å². The van der Waals surface area contributed by atoms with Crippen molar-refractivity contribution in [3.63, 3.8) is 0 Å². The van der Waals surface area contributed by atoms with E-state index in [1.807, 2.05) is 12.3 Å². The molecule has 0 fully saturated rings. The van der Waals surface area contributed by atoms with E-state index in [0.717, 1.165) is 16.9 Å². The third kappa shape index (κ3) is 2.56. The summed E-state index contributed by atoms with van der Waals surface area (Å²) in [7, 11) is 0. The monoisotopic (exact) mass is 251 g/mol. The van der Waals surface area contributed by atoms with E-state index in [9.17, 15) is 9.59 Å². The number of carboxylic acid groups (broad SMARTS) is 1. The molecule has 0 aromatic carbocycles. The molecule has 0 spiro atoms. The maximum Gasteiger partial charge on any atom is 0.342 e. The van der Waals surface area contributed by atoms with Gasteiger partial charge in [-0.2, -0.15) is 0 Å². The van der Waals surface area contributed by atoms with E-state index in [0.29, 0.717) is 12.2 Å². The number of thiazole rings is 1. The average molecular weight is 251 g/mol. The second-order valence-corrected chi connectivity index (χ2v) is 4.38. The van der Waals surface area contributed by atoms with E-state index in [4.69, 9.17) is 5.11 Å². The quantitative estimate of drug-likeness (QED) is 0.842. The number of aromatic nitrogens is 3. The first kappa shape index (κ1) is 11.5. The van der Waals surface area contributed by atoms with Gasteiger partial charge in [-0.15, -0.1) is 11.3 Å². The van der Waals surface area contributed by atoms with E-state index >= 15 is 0 Å². The predicted octanol–water partition coefficient (Wildman–Crippen LogP) is 0.824. The summed E-state index contributed by atoms with van der Waals surface area (Å²) in [5.74, 6) is -0.871. The minimum absolute atomic E-state index is 0.357. The van der Waals surface area contributed by atoms with Crippen molar-refractivity contribution in [1.82, 2.24) is 15.0 Å². The van der Waals surface area contributed by atoms with Crippen LogP contribution in [0.15, 0.2) is 16.4 Å². The second-order valence-electron chi connectivity index (χ2n) is 3.44. The molecule has 2 aromatic rings. The average Bonchev–Trinajstić information content (AvgIpc) is 2.63. The highest BCUT2D eigenvalue weighted by molar-refractivity contribution is 7.09. The fourth-order valence-corrected chi connectivity index (χ4v) is 2.08. The van der Waals surface area contributed by atoms with Crippen molar-refractivity contribution in [3.8, 4) is 0 Å². The van der Waals surface area contributed by atoms with Crippen molar-refractivity contribution >= 4 is 17.3 Å². The fourth-order valence-electron chi connectivity index (χ4n) is 1.30. The molecule has 0 atom stereocenters. The highest BCUT2D eigenvalue weighted by atomic mass is 32.1. The molecule has 17 heavy (non-hydrogen) atoms. The van der Waals surface area contributed by atoms with Crippen LogP contribution in [0, 0.1) is 6.92 Å². The lowest BCUT2D eigenvalue weighted by Crippen LogP contribution is -2.20. The van der Waals surface area contributed by atoms with Crippen LogP contribution in [0.4, 0.5) is 0 Å². The molecule has 7 heteroatoms. The smallest absolute Gasteiger partial charge is 0.342 e. The van der Waals surface area contributed by atoms with Gasteiger partial charge < -0.3 is 10.1 Å². The summed E-state index contributed by atoms with van der Waals surface area (Å²) in [6, 6.07) is 0. The van der Waals surface area contributed by atoms with Crippen LogP contribution in [0.25, 0.3) is 0 Å². The predicted molar refractivity (Wildman–Crippen MR) is 61.5 cm³/mol. The van der Waals surface area contributed by atoms with E-state index in [2.05, 4.69) is 15.0 Å². The summed E-state index contributed by atoms with van der Waals surface area (Å²) < 4.78 is 0. The van der Waals surface area contributed by atoms with Crippen LogP contribution in [0.1, 0.15) is 26.9 Å². The van der Waals surface area contributed by atoms with Gasteiger partial charge in [0.1, 0.15) is 16.4 Å². The molecule has 2 rings (SSSR count). The Hall–Kier alpha value is -2.02. The molecule has 6 nitrogen and oxygen atoms in total. The van der Waals surface area contributed by atoms with Crippen molar-refractivity contribution in [2.24, 2.45) is 0 Å². The standard InChI is InChI=1S/C10H9N3O3S/c1-5-4-17-8(12-5)2-7-11-3-6(10(15)16)9(14)13-7/h3-4H,2H2,1H3,(H,15,16)(H,11,13,14). The molecule has 2 aromatic heterocycles. The molecular formula is C10H9N3O3S. The van der Waals surface area contributed by atoms with Gasteiger partial charge in [0.05, 0.1) is 6.42 Å². The minimum atomic E-state index is -1.28. The number of hydrogen-bond acceptors (Lipinski definition) is 5. The third-order valence-corrected chi connectivity index (χ3v) is 3.03. The van der Waals surface area contributed by atoms with Crippen LogP contribution < -0.4 is 5.56 Å². The van der Waals surface area contributed by atoms with Crippen LogP contribution in [0.3, 0.4) is 0 Å². The molecule has 0 saturated heterocycles. The maximum atomic E-state index is 11.4. The number of carbonyl (C=O) groups is 1. The Labute approximate surface area is 100.0 Å². The van der Waals surface area contributed by atoms with Gasteiger partial charge in [0.25, 0.3) is 5.56 Å². The normalized spacial score (nSPS) is 10.4. The molecule has 0 amide bonds. The number of nitrogens with zero attached hydrogens (tertiary/aromatic N) is 2. The molecule has 0 aliphatic heterocycles. The molecule has 0 bridgehead atoms. The zero-order valence-electron chi connectivity index (χ0n) is 8.93. The van der Waals surface area contributed by atoms with Crippen molar-refractivity contribution in [2.75, 3.05) is 0 Å². The lowest BCUT2D eigenvalue weighted by atomic mass is 10.3. The van der Waals surface area contributed by atoms with Gasteiger partial charge >= 0.3 is 5.97 Å². The Morgan fingerprint density at radius 2 is 2.35 bits per heavy atom. The zero-order valence-corrected chi connectivity index (χ0v) is 9.74. The summed E-state index contributed by atoms with van der Waals surface area (Å²) in [6.07, 6.45) is 1.46. The highest BCUT2D eigenvalue weighted by Gasteiger charge is 2.10. The summed E-state index contributed by atoms with van der Waals surface area (Å²) in [6.45, 7) is 1.88. The molecule has 2 N–H and O–H groups in total. The maximum absolute atomic E-state index is 11.4. The summed E-state index contributed by atoms with van der Waals surface area (Å²) >= 11 is 1.47. The van der Waals surface area contributed by atoms with Crippen molar-refractivity contribution in [1.29, 1.82) is 0 Å². The summed E-state index contributed by atoms with van der Waals surface area (Å²) in [4.78, 5) is 32.6. The summed E-state index contributed by atoms with van der Waals surface area (Å²) in [5.41, 5.74) is -0.0886. The second kappa shape index (κ2) is 4.46. The number of hydrogen-bond donors (Lipinski definition) is 2. The van der Waals surface area contributed by atoms with Gasteiger partial charge in [0.15, 0.2) is 0 Å². The van der Waals surface area contributed by atoms with Gasteiger partial charge in [-0.05, 0) is 6.92 Å². The third-order valence-electron chi connectivity index (χ3n) is 2.07. The van der Waals surface area contributed by atoms with E-state index < -0.39 is 11.5 Å². The van der Waals surface area contributed by atoms with Crippen LogP contribution in [-0.2, 0) is 6.42 Å². The Bertz CT molecular complexity index is 617. The Kier molecular flexibility index (Phi) is 3.01. The number of rotatable bonds is 3. The number of carboxylic acids is 1. The van der Waals surface area contributed by atoms with Crippen molar-refractivity contribution in [3.05, 3.63) is 44.0 Å². The Morgan fingerprint density at radius 3 is 2.88 bits per heavy atom. The summed E-state index contributed by atoms with van der Waals surface area (Å²) in [5, 5.41) is 11.4. The fraction of sp³-hybridized carbons (Fsp3) is 0.200. The zero-order chi connectivity index (χ0) is 12.4. The molecule has 2 heterocycles. The largest absolute Gasteiger partial charge is 0.477 e. The lowest BCUT2D eigenvalue weighted by Gasteiger charge is -1.98. The molecule has 0 saturated carbocycles. The SMILES string of the molecule is Cc1csc(Cc2ncc(C(=O)O)c(=O)[nH]2)n1. The van der Waals surface area contributed by atoms with Gasteiger partial charge in [-0.25, -0.2) is 14.8 Å². The molecule has 0 unspecified atom stereocenters. The number of aromatic carboxylic acids is 1. The molecule has 88 valence electrons. The van der Waals surface area contributed by atoms with Crippen LogP contribution in [0.5, 0.6) is 0 Å². The van der Waals surface area contributed by atoms with Gasteiger partial charge in [0.2, 0.25) is 0 Å². The molecule has 0 aliphatic rings. The van der Waals surface area contributed by atoms with Crippen molar-refractivity contribution < 1.29 is 9.90 Å². The number of aryl methyl sites for hydroxylation is 1. The van der Waals surface area contributed by atoms with E-state index in [-0.39, 0.29) is 5.56 Å². The molecule has 0 aliphatic carbocycles. The van der Waals surface area contributed by atoms with Gasteiger partial charge in [0, 0.05) is 17.3 Å². The van der Waals surface area contributed by atoms with Crippen LogP contribution in [-0.4, -0.2) is 26.0 Å². The first-order valence-corrected chi connectivity index (χ1v) is 5.66. The van der Waals surface area contributed by atoms with E-state index in [1.54, 1.807) is 0 Å². The first-order valence-electron chi connectivity index (χ1n) is 4.79. The number of nitrogens with one attached hydrogen (secondary N) is 1. The van der Waals surface area contributed by atoms with Crippen molar-refractivity contribution in [2.45, 2.75) is 13.3 Å². The lowest BCUT2D eigenvalue weighted by molar-refractivity contribution is 0.0694. The highest BCUT2D eigenvalue weighted by Crippen LogP contribution is 2.11. The van der Waals surface area contributed by atoms with Gasteiger partial charge in [-0.1, -0.05) is 0 Å².